The van der Waals surface area contributed by atoms with Crippen LogP contribution in [-0.4, -0.2) is 10.9 Å². The Bertz CT molecular complexity index is 391. The van der Waals surface area contributed by atoms with E-state index in [1.807, 2.05) is 0 Å². The smallest absolute Gasteiger partial charge is 0.186 e. The summed E-state index contributed by atoms with van der Waals surface area (Å²) in [6.45, 7) is 6.19. The Kier molecular flexibility index (Phi) is 16.6. The molecule has 0 fully saturated rings. The molecule has 0 aliphatic carbocycles. The van der Waals surface area contributed by atoms with Crippen molar-refractivity contribution >= 4 is 16.9 Å². The van der Waals surface area contributed by atoms with Crippen LogP contribution in [0.3, 0.4) is 0 Å². The van der Waals surface area contributed by atoms with Gasteiger partial charge in [-0.1, -0.05) is 80.6 Å². The molecule has 0 aromatic heterocycles. The van der Waals surface area contributed by atoms with E-state index in [2.05, 4.69) is 62.5 Å². The van der Waals surface area contributed by atoms with Gasteiger partial charge in [0, 0.05) is 12.7 Å². The number of allylic oxidation sites excluding steroid dienone is 7. The van der Waals surface area contributed by atoms with Gasteiger partial charge in [0.05, 0.1) is 0 Å². The molecule has 0 saturated carbocycles. The van der Waals surface area contributed by atoms with Crippen molar-refractivity contribution in [3.8, 4) is 0 Å². The van der Waals surface area contributed by atoms with Crippen LogP contribution >= 0.6 is 11.8 Å². The predicted octanol–water partition coefficient (Wildman–Crippen LogP) is 6.88. The maximum absolute atomic E-state index is 10.7. The molecule has 1 nitrogen and oxygen atoms in total. The van der Waals surface area contributed by atoms with E-state index in [1.165, 1.54) is 31.0 Å². The fourth-order valence-corrected chi connectivity index (χ4v) is 2.37. The number of unbranched alkanes of at least 4 members (excludes halogenated alkanes) is 1. The van der Waals surface area contributed by atoms with E-state index in [9.17, 15) is 4.79 Å². The van der Waals surface area contributed by atoms with Gasteiger partial charge in [0.25, 0.3) is 0 Å². The topological polar surface area (TPSA) is 17.1 Å². The van der Waals surface area contributed by atoms with Gasteiger partial charge >= 0.3 is 0 Å². The van der Waals surface area contributed by atoms with Gasteiger partial charge < -0.3 is 0 Å². The van der Waals surface area contributed by atoms with Gasteiger partial charge in [-0.3, -0.25) is 4.79 Å². The van der Waals surface area contributed by atoms with E-state index in [0.29, 0.717) is 0 Å². The highest BCUT2D eigenvalue weighted by atomic mass is 32.2. The zero-order valence-corrected chi connectivity index (χ0v) is 16.0. The quantitative estimate of drug-likeness (QED) is 0.270. The van der Waals surface area contributed by atoms with Crippen LogP contribution in [0.4, 0.5) is 0 Å². The van der Waals surface area contributed by atoms with Crippen molar-refractivity contribution in [3.05, 3.63) is 48.6 Å². The molecule has 0 saturated heterocycles. The van der Waals surface area contributed by atoms with Crippen LogP contribution < -0.4 is 0 Å². The first kappa shape index (κ1) is 22.0. The molecule has 0 rings (SSSR count). The summed E-state index contributed by atoms with van der Waals surface area (Å²) in [5.74, 6) is 1.65. The summed E-state index contributed by atoms with van der Waals surface area (Å²) in [6.07, 6.45) is 25.7. The fourth-order valence-electron chi connectivity index (χ4n) is 1.91. The molecule has 0 aromatic rings. The molecule has 0 bridgehead atoms. The summed E-state index contributed by atoms with van der Waals surface area (Å²) < 4.78 is 0. The fraction of sp³-hybridized carbons (Fsp3) is 0.571. The molecule has 0 N–H and O–H groups in total. The molecule has 0 radical (unpaired) electrons. The number of carbonyl (C=O) groups is 1. The van der Waals surface area contributed by atoms with E-state index in [1.54, 1.807) is 6.92 Å². The third-order valence-corrected chi connectivity index (χ3v) is 4.38. The minimum Gasteiger partial charge on any atom is -0.288 e. The Morgan fingerprint density at radius 2 is 1.39 bits per heavy atom. The minimum absolute atomic E-state index is 0.187. The molecular weight excluding hydrogens is 300 g/mol. The molecule has 130 valence electrons. The third-order valence-electron chi connectivity index (χ3n) is 3.62. The van der Waals surface area contributed by atoms with E-state index in [4.69, 9.17) is 0 Å². The number of thioether (sulfide) groups is 1. The van der Waals surface area contributed by atoms with Crippen molar-refractivity contribution in [2.75, 3.05) is 5.75 Å². The summed E-state index contributed by atoms with van der Waals surface area (Å²) in [5, 5.41) is 0.187. The summed E-state index contributed by atoms with van der Waals surface area (Å²) in [6, 6.07) is 0. The Hall–Kier alpha value is -1.02. The van der Waals surface area contributed by atoms with Gasteiger partial charge in [-0.05, 0) is 44.4 Å². The van der Waals surface area contributed by atoms with E-state index < -0.39 is 0 Å². The van der Waals surface area contributed by atoms with Gasteiger partial charge in [-0.15, -0.1) is 0 Å². The molecule has 0 aliphatic heterocycles. The van der Waals surface area contributed by atoms with Crippen molar-refractivity contribution < 1.29 is 4.79 Å². The van der Waals surface area contributed by atoms with Crippen LogP contribution in [0.1, 0.15) is 65.7 Å². The lowest BCUT2D eigenvalue weighted by atomic mass is 10.0. The maximum atomic E-state index is 10.7. The number of hydrogen-bond donors (Lipinski definition) is 0. The maximum Gasteiger partial charge on any atom is 0.186 e. The van der Waals surface area contributed by atoms with E-state index >= 15 is 0 Å². The molecule has 0 spiro atoms. The Labute approximate surface area is 148 Å². The standard InChI is InChI=1S/C21H34OS/c1-4-20(2)18-16-14-12-10-8-6-5-7-9-11-13-15-17-19-23-21(3)22/h6-9,12,14-15,17,20H,4-5,10-11,13,16,18-19H2,1-3H3/b8-6-,9-7-,14-12-,17-15+/t20-/m1/s1. The first-order chi connectivity index (χ1) is 11.2. The third kappa shape index (κ3) is 18.9. The molecule has 0 aliphatic rings. The molecule has 0 unspecified atom stereocenters. The van der Waals surface area contributed by atoms with Gasteiger partial charge in [-0.25, -0.2) is 0 Å². The lowest BCUT2D eigenvalue weighted by molar-refractivity contribution is -0.109. The molecule has 0 amide bonds. The zero-order chi connectivity index (χ0) is 17.2. The van der Waals surface area contributed by atoms with Crippen molar-refractivity contribution in [3.63, 3.8) is 0 Å². The number of hydrogen-bond acceptors (Lipinski definition) is 2. The molecule has 1 atom stereocenters. The van der Waals surface area contributed by atoms with Gasteiger partial charge in [-0.2, -0.15) is 0 Å². The van der Waals surface area contributed by atoms with Crippen molar-refractivity contribution in [2.45, 2.75) is 65.7 Å². The first-order valence-corrected chi connectivity index (χ1v) is 9.88. The predicted molar refractivity (Wildman–Crippen MR) is 107 cm³/mol. The van der Waals surface area contributed by atoms with Gasteiger partial charge in [0.15, 0.2) is 5.12 Å². The van der Waals surface area contributed by atoms with E-state index in [-0.39, 0.29) is 5.12 Å². The SMILES string of the molecule is CC[C@@H](C)CC/C=C\C/C=C\C/C=C\CC/C=C/CSC(C)=O. The number of rotatable bonds is 13. The molecule has 23 heavy (non-hydrogen) atoms. The Morgan fingerprint density at radius 3 is 1.96 bits per heavy atom. The molecular formula is C21H34OS. The highest BCUT2D eigenvalue weighted by Gasteiger charge is 1.94. The average Bonchev–Trinajstić information content (AvgIpc) is 2.53. The highest BCUT2D eigenvalue weighted by molar-refractivity contribution is 8.13. The summed E-state index contributed by atoms with van der Waals surface area (Å²) in [5.41, 5.74) is 0. The van der Waals surface area contributed by atoms with E-state index in [0.717, 1.165) is 37.4 Å². The van der Waals surface area contributed by atoms with Crippen LogP contribution in [-0.2, 0) is 4.79 Å². The van der Waals surface area contributed by atoms with Crippen molar-refractivity contribution in [1.82, 2.24) is 0 Å². The molecule has 2 heteroatoms. The van der Waals surface area contributed by atoms with Gasteiger partial charge in [0.1, 0.15) is 0 Å². The van der Waals surface area contributed by atoms with Crippen LogP contribution in [0.15, 0.2) is 48.6 Å². The summed E-state index contributed by atoms with van der Waals surface area (Å²) >= 11 is 1.36. The lowest BCUT2D eigenvalue weighted by Crippen LogP contribution is -1.89. The van der Waals surface area contributed by atoms with Crippen molar-refractivity contribution in [2.24, 2.45) is 5.92 Å². The summed E-state index contributed by atoms with van der Waals surface area (Å²) in [7, 11) is 0. The van der Waals surface area contributed by atoms with Crippen LogP contribution in [0.2, 0.25) is 0 Å². The number of carbonyl (C=O) groups excluding carboxylic acids is 1. The van der Waals surface area contributed by atoms with Crippen LogP contribution in [0.25, 0.3) is 0 Å². The Morgan fingerprint density at radius 1 is 0.870 bits per heavy atom. The normalized spacial score (nSPS) is 13.9. The zero-order valence-electron chi connectivity index (χ0n) is 15.2. The second-order valence-electron chi connectivity index (χ2n) is 5.83. The molecule has 0 heterocycles. The Balaban J connectivity index is 3.45. The second kappa shape index (κ2) is 17.3. The van der Waals surface area contributed by atoms with Crippen LogP contribution in [0.5, 0.6) is 0 Å². The molecule has 0 aromatic carbocycles. The lowest BCUT2D eigenvalue weighted by Gasteiger charge is -2.03. The highest BCUT2D eigenvalue weighted by Crippen LogP contribution is 2.09. The first-order valence-electron chi connectivity index (χ1n) is 8.90. The van der Waals surface area contributed by atoms with Crippen LogP contribution in [0, 0.1) is 5.92 Å². The minimum atomic E-state index is 0.187. The second-order valence-corrected chi connectivity index (χ2v) is 7.02. The van der Waals surface area contributed by atoms with Gasteiger partial charge in [0.2, 0.25) is 0 Å². The largest absolute Gasteiger partial charge is 0.288 e. The summed E-state index contributed by atoms with van der Waals surface area (Å²) in [4.78, 5) is 10.7. The van der Waals surface area contributed by atoms with Crippen molar-refractivity contribution in [1.29, 1.82) is 0 Å². The average molecular weight is 335 g/mol. The monoisotopic (exact) mass is 334 g/mol.